The molecular weight excluding hydrogens is 400 g/mol. The van der Waals surface area contributed by atoms with Crippen LogP contribution in [0, 0.1) is 5.92 Å². The second kappa shape index (κ2) is 9.58. The Labute approximate surface area is 182 Å². The molecule has 0 aliphatic carbocycles. The summed E-state index contributed by atoms with van der Waals surface area (Å²) in [5.74, 6) is 0.309. The summed E-state index contributed by atoms with van der Waals surface area (Å²) >= 11 is 5.91. The summed E-state index contributed by atoms with van der Waals surface area (Å²) in [5, 5.41) is 0.624. The Morgan fingerprint density at radius 1 is 0.933 bits per heavy atom. The molecule has 3 heterocycles. The van der Waals surface area contributed by atoms with Gasteiger partial charge in [-0.05, 0) is 49.2 Å². The highest BCUT2D eigenvalue weighted by Crippen LogP contribution is 2.22. The molecule has 2 aromatic rings. The largest absolute Gasteiger partial charge is 0.339 e. The van der Waals surface area contributed by atoms with E-state index in [1.807, 2.05) is 22.2 Å². The first-order chi connectivity index (χ1) is 14.6. The molecule has 2 amide bonds. The number of likely N-dealkylation sites (tertiary alicyclic amines) is 1. The van der Waals surface area contributed by atoms with Gasteiger partial charge >= 0.3 is 0 Å². The fraction of sp³-hybridized carbons (Fsp3) is 0.435. The Morgan fingerprint density at radius 3 is 2.20 bits per heavy atom. The van der Waals surface area contributed by atoms with Crippen LogP contribution in [-0.4, -0.2) is 65.9 Å². The minimum Gasteiger partial charge on any atom is -0.339 e. The van der Waals surface area contributed by atoms with Gasteiger partial charge in [-0.3, -0.25) is 14.6 Å². The number of amides is 2. The molecule has 0 unspecified atom stereocenters. The van der Waals surface area contributed by atoms with Crippen molar-refractivity contribution in [3.05, 3.63) is 64.9 Å². The Kier molecular flexibility index (Phi) is 6.65. The molecule has 2 aliphatic rings. The number of piperidine rings is 1. The molecule has 0 radical (unpaired) electrons. The lowest BCUT2D eigenvalue weighted by atomic mass is 9.94. The van der Waals surface area contributed by atoms with Crippen LogP contribution >= 0.6 is 11.6 Å². The second-order valence-electron chi connectivity index (χ2n) is 8.18. The number of hydrogen-bond acceptors (Lipinski definition) is 3. The van der Waals surface area contributed by atoms with Crippen molar-refractivity contribution >= 4 is 23.4 Å². The van der Waals surface area contributed by atoms with Gasteiger partial charge in [-0.2, -0.15) is 0 Å². The van der Waals surface area contributed by atoms with Crippen LogP contribution in [0.25, 0.3) is 0 Å². The van der Waals surface area contributed by atoms with E-state index in [-0.39, 0.29) is 17.7 Å². The van der Waals surface area contributed by atoms with Crippen molar-refractivity contribution in [3.8, 4) is 0 Å². The van der Waals surface area contributed by atoms with Gasteiger partial charge in [0.25, 0.3) is 5.91 Å². The topological polar surface area (TPSA) is 58.0 Å². The number of nitrogens with one attached hydrogen (secondary N) is 1. The number of carbonyl (C=O) groups excluding carboxylic acids is 2. The Morgan fingerprint density at radius 2 is 1.57 bits per heavy atom. The summed E-state index contributed by atoms with van der Waals surface area (Å²) in [6, 6.07) is 11.1. The van der Waals surface area contributed by atoms with Gasteiger partial charge in [-0.15, -0.1) is 0 Å². The second-order valence-corrected chi connectivity index (χ2v) is 8.62. The molecule has 30 heavy (non-hydrogen) atoms. The molecule has 0 atom stereocenters. The van der Waals surface area contributed by atoms with Gasteiger partial charge in [-0.25, -0.2) is 0 Å². The zero-order valence-corrected chi connectivity index (χ0v) is 17.9. The third-order valence-electron chi connectivity index (χ3n) is 6.21. The number of halogens is 1. The van der Waals surface area contributed by atoms with E-state index >= 15 is 0 Å². The Hall–Kier alpha value is -2.44. The number of benzene rings is 1. The quantitative estimate of drug-likeness (QED) is 0.804. The van der Waals surface area contributed by atoms with Gasteiger partial charge in [0.05, 0.1) is 26.2 Å². The minimum atomic E-state index is 0.0193. The van der Waals surface area contributed by atoms with Crippen LogP contribution < -0.4 is 4.90 Å². The highest BCUT2D eigenvalue weighted by Gasteiger charge is 2.32. The van der Waals surface area contributed by atoms with E-state index in [0.717, 1.165) is 45.6 Å². The SMILES string of the molecule is O=C(c1ccc(Cl)cc1)N1CCC(C(=O)N2CC[NH+](Cc3ccncc3)CC2)CC1. The van der Waals surface area contributed by atoms with E-state index in [4.69, 9.17) is 11.6 Å². The standard InChI is InChI=1S/C23H27ClN4O2/c24-21-3-1-19(2-4-21)22(29)27-11-7-20(8-12-27)23(30)28-15-13-26(14-16-28)17-18-5-9-25-10-6-18/h1-6,9-10,20H,7-8,11-17H2/p+1. The van der Waals surface area contributed by atoms with Crippen molar-refractivity contribution in [1.82, 2.24) is 14.8 Å². The summed E-state index contributed by atoms with van der Waals surface area (Å²) in [6.45, 7) is 5.81. The molecule has 0 spiro atoms. The lowest BCUT2D eigenvalue weighted by Gasteiger charge is -2.37. The average molecular weight is 428 g/mol. The third kappa shape index (κ3) is 4.99. The fourth-order valence-electron chi connectivity index (χ4n) is 4.37. The molecule has 2 fully saturated rings. The Bertz CT molecular complexity index is 859. The van der Waals surface area contributed by atoms with E-state index in [9.17, 15) is 9.59 Å². The maximum atomic E-state index is 13.0. The third-order valence-corrected chi connectivity index (χ3v) is 6.46. The number of pyridine rings is 1. The highest BCUT2D eigenvalue weighted by molar-refractivity contribution is 6.30. The normalized spacial score (nSPS) is 18.4. The van der Waals surface area contributed by atoms with Gasteiger partial charge in [0.2, 0.25) is 5.91 Å². The van der Waals surface area contributed by atoms with Crippen molar-refractivity contribution < 1.29 is 14.5 Å². The van der Waals surface area contributed by atoms with E-state index in [0.29, 0.717) is 23.7 Å². The van der Waals surface area contributed by atoms with Gasteiger partial charge in [0.15, 0.2) is 0 Å². The zero-order chi connectivity index (χ0) is 20.9. The Balaban J connectivity index is 1.24. The number of nitrogens with zero attached hydrogens (tertiary/aromatic N) is 3. The molecule has 4 rings (SSSR count). The minimum absolute atomic E-state index is 0.0193. The van der Waals surface area contributed by atoms with Gasteiger partial charge in [0.1, 0.15) is 6.54 Å². The first kappa shape index (κ1) is 20.8. The fourth-order valence-corrected chi connectivity index (χ4v) is 4.50. The maximum Gasteiger partial charge on any atom is 0.253 e. The van der Waals surface area contributed by atoms with Crippen molar-refractivity contribution in [3.63, 3.8) is 0 Å². The molecule has 6 nitrogen and oxygen atoms in total. The van der Waals surface area contributed by atoms with Crippen molar-refractivity contribution in [1.29, 1.82) is 0 Å². The average Bonchev–Trinajstić information content (AvgIpc) is 2.80. The number of rotatable bonds is 4. The van der Waals surface area contributed by atoms with Crippen LogP contribution in [0.4, 0.5) is 0 Å². The van der Waals surface area contributed by atoms with E-state index in [1.165, 1.54) is 10.5 Å². The van der Waals surface area contributed by atoms with Gasteiger partial charge < -0.3 is 14.7 Å². The predicted molar refractivity (Wildman–Crippen MR) is 115 cm³/mol. The van der Waals surface area contributed by atoms with Gasteiger partial charge in [0, 0.05) is 47.6 Å². The van der Waals surface area contributed by atoms with Crippen LogP contribution in [0.2, 0.25) is 5.02 Å². The molecule has 158 valence electrons. The lowest BCUT2D eigenvalue weighted by molar-refractivity contribution is -0.917. The summed E-state index contributed by atoms with van der Waals surface area (Å²) in [4.78, 5) is 35.1. The van der Waals surface area contributed by atoms with Crippen LogP contribution in [-0.2, 0) is 11.3 Å². The predicted octanol–water partition coefficient (Wildman–Crippen LogP) is 1.51. The molecule has 1 aromatic carbocycles. The number of carbonyl (C=O) groups is 2. The van der Waals surface area contributed by atoms with E-state index in [2.05, 4.69) is 17.1 Å². The van der Waals surface area contributed by atoms with Gasteiger partial charge in [-0.1, -0.05) is 11.6 Å². The molecule has 2 aliphatic heterocycles. The monoisotopic (exact) mass is 427 g/mol. The van der Waals surface area contributed by atoms with E-state index < -0.39 is 0 Å². The van der Waals surface area contributed by atoms with Crippen molar-refractivity contribution in [2.24, 2.45) is 5.92 Å². The molecule has 2 saturated heterocycles. The van der Waals surface area contributed by atoms with Crippen molar-refractivity contribution in [2.45, 2.75) is 19.4 Å². The highest BCUT2D eigenvalue weighted by atomic mass is 35.5. The zero-order valence-electron chi connectivity index (χ0n) is 17.1. The number of aromatic nitrogens is 1. The molecule has 0 bridgehead atoms. The van der Waals surface area contributed by atoms with Crippen LogP contribution in [0.15, 0.2) is 48.8 Å². The van der Waals surface area contributed by atoms with Crippen LogP contribution in [0.3, 0.4) is 0 Å². The molecule has 1 N–H and O–H groups in total. The lowest BCUT2D eigenvalue weighted by Crippen LogP contribution is -3.13. The summed E-state index contributed by atoms with van der Waals surface area (Å²) < 4.78 is 0. The molecule has 7 heteroatoms. The first-order valence-corrected chi connectivity index (χ1v) is 11.0. The summed E-state index contributed by atoms with van der Waals surface area (Å²) in [6.07, 6.45) is 5.14. The maximum absolute atomic E-state index is 13.0. The summed E-state index contributed by atoms with van der Waals surface area (Å²) in [5.41, 5.74) is 1.94. The summed E-state index contributed by atoms with van der Waals surface area (Å²) in [7, 11) is 0. The van der Waals surface area contributed by atoms with Crippen molar-refractivity contribution in [2.75, 3.05) is 39.3 Å². The smallest absolute Gasteiger partial charge is 0.253 e. The first-order valence-electron chi connectivity index (χ1n) is 10.7. The van der Waals surface area contributed by atoms with E-state index in [1.54, 1.807) is 24.3 Å². The number of quaternary nitrogens is 1. The molecule has 1 aromatic heterocycles. The molecular formula is C23H28ClN4O2+. The molecule has 0 saturated carbocycles. The van der Waals surface area contributed by atoms with Crippen LogP contribution in [0.5, 0.6) is 0 Å². The number of hydrogen-bond donors (Lipinski definition) is 1. The van der Waals surface area contributed by atoms with Crippen LogP contribution in [0.1, 0.15) is 28.8 Å². The number of piperazine rings is 1.